The number of nitrogens with one attached hydrogen (secondary N) is 1. The molecule has 8 nitrogen and oxygen atoms in total. The molecule has 0 bridgehead atoms. The number of amides is 1. The van der Waals surface area contributed by atoms with Gasteiger partial charge in [0, 0.05) is 6.42 Å². The maximum absolute atomic E-state index is 12.8. The molecule has 0 aliphatic heterocycles. The summed E-state index contributed by atoms with van der Waals surface area (Å²) in [6.45, 7) is 4.88. The Morgan fingerprint density at radius 3 is 1.37 bits per heavy atom. The number of hydrogen-bond acceptors (Lipinski definition) is 5. The molecule has 0 spiro atoms. The average molecular weight is 720 g/mol. The van der Waals surface area contributed by atoms with Crippen LogP contribution in [0.25, 0.3) is 0 Å². The number of likely N-dealkylation sites (N-methyl/N-ethyl adjacent to an activating group) is 1. The molecule has 0 rings (SSSR count). The van der Waals surface area contributed by atoms with Crippen LogP contribution in [0.5, 0.6) is 0 Å². The Morgan fingerprint density at radius 1 is 0.612 bits per heavy atom. The molecule has 0 aromatic heterocycles. The first-order valence-electron chi connectivity index (χ1n) is 20.9. The maximum Gasteiger partial charge on any atom is 0.472 e. The first-order valence-corrected chi connectivity index (χ1v) is 22.4. The van der Waals surface area contributed by atoms with Crippen molar-refractivity contribution in [3.05, 3.63) is 0 Å². The summed E-state index contributed by atoms with van der Waals surface area (Å²) in [5.41, 5.74) is 0. The van der Waals surface area contributed by atoms with Crippen LogP contribution in [0, 0.1) is 0 Å². The topological polar surface area (TPSA) is 105 Å². The fourth-order valence-corrected chi connectivity index (χ4v) is 6.96. The Labute approximate surface area is 304 Å². The van der Waals surface area contributed by atoms with Crippen LogP contribution in [-0.4, -0.2) is 73.4 Å². The Morgan fingerprint density at radius 2 is 0.980 bits per heavy atom. The van der Waals surface area contributed by atoms with E-state index in [1.807, 2.05) is 21.1 Å². The molecule has 9 heteroatoms. The third-order valence-corrected chi connectivity index (χ3v) is 10.6. The van der Waals surface area contributed by atoms with Crippen molar-refractivity contribution < 1.29 is 32.9 Å². The highest BCUT2D eigenvalue weighted by atomic mass is 31.2. The SMILES string of the molecule is CCCCCCCCCCCCCCCCCCC(O)C(COP(=O)(O)OCC[N+](C)(C)C)NC(=O)CCCCCCCCCCCCC. The number of carbonyl (C=O) groups is 1. The van der Waals surface area contributed by atoms with Gasteiger partial charge in [-0.1, -0.05) is 181 Å². The van der Waals surface area contributed by atoms with Crippen LogP contribution in [0.15, 0.2) is 0 Å². The first-order chi connectivity index (χ1) is 23.5. The Bertz CT molecular complexity index is 778. The van der Waals surface area contributed by atoms with E-state index in [4.69, 9.17) is 9.05 Å². The van der Waals surface area contributed by atoms with Gasteiger partial charge in [0.15, 0.2) is 0 Å². The lowest BCUT2D eigenvalue weighted by Crippen LogP contribution is -2.46. The van der Waals surface area contributed by atoms with Gasteiger partial charge in [-0.15, -0.1) is 0 Å². The van der Waals surface area contributed by atoms with Crippen LogP contribution in [0.3, 0.4) is 0 Å². The van der Waals surface area contributed by atoms with E-state index in [9.17, 15) is 19.4 Å². The minimum absolute atomic E-state index is 0.0783. The molecule has 3 unspecified atom stereocenters. The van der Waals surface area contributed by atoms with Crippen molar-refractivity contribution in [1.29, 1.82) is 0 Å². The number of carbonyl (C=O) groups excluding carboxylic acids is 1. The zero-order chi connectivity index (χ0) is 36.5. The molecule has 1 amide bonds. The molecule has 0 aliphatic rings. The number of rotatable bonds is 38. The second kappa shape index (κ2) is 33.3. The second-order valence-corrected chi connectivity index (χ2v) is 17.2. The minimum atomic E-state index is -4.30. The zero-order valence-electron chi connectivity index (χ0n) is 33.2. The highest BCUT2D eigenvalue weighted by Crippen LogP contribution is 2.43. The number of phosphoric acid groups is 1. The number of aliphatic hydroxyl groups is 1. The van der Waals surface area contributed by atoms with Gasteiger partial charge in [0.1, 0.15) is 13.2 Å². The largest absolute Gasteiger partial charge is 0.472 e. The van der Waals surface area contributed by atoms with Crippen molar-refractivity contribution in [3.63, 3.8) is 0 Å². The molecule has 0 aromatic rings. The number of nitrogens with zero attached hydrogens (tertiary/aromatic N) is 1. The van der Waals surface area contributed by atoms with Gasteiger partial charge in [-0.3, -0.25) is 13.8 Å². The summed E-state index contributed by atoms with van der Waals surface area (Å²) in [7, 11) is 1.62. The monoisotopic (exact) mass is 720 g/mol. The number of unbranched alkanes of at least 4 members (excludes halogenated alkanes) is 25. The first kappa shape index (κ1) is 48.5. The zero-order valence-corrected chi connectivity index (χ0v) is 34.1. The van der Waals surface area contributed by atoms with E-state index in [1.54, 1.807) is 0 Å². The molecule has 49 heavy (non-hydrogen) atoms. The lowest BCUT2D eigenvalue weighted by molar-refractivity contribution is -0.870. The fraction of sp³-hybridized carbons (Fsp3) is 0.975. The quantitative estimate of drug-likeness (QED) is 0.0333. The van der Waals surface area contributed by atoms with E-state index in [1.165, 1.54) is 135 Å². The van der Waals surface area contributed by atoms with Crippen molar-refractivity contribution in [2.75, 3.05) is 40.9 Å². The van der Waals surface area contributed by atoms with Gasteiger partial charge in [-0.25, -0.2) is 4.57 Å². The molecule has 0 heterocycles. The third kappa shape index (κ3) is 35.7. The van der Waals surface area contributed by atoms with Crippen LogP contribution >= 0.6 is 7.82 Å². The summed E-state index contributed by atoms with van der Waals surface area (Å²) in [5.74, 6) is -0.144. The fourth-order valence-electron chi connectivity index (χ4n) is 6.22. The van der Waals surface area contributed by atoms with E-state index in [0.29, 0.717) is 23.9 Å². The van der Waals surface area contributed by atoms with E-state index in [2.05, 4.69) is 19.2 Å². The molecule has 3 atom stereocenters. The highest BCUT2D eigenvalue weighted by Gasteiger charge is 2.28. The summed E-state index contributed by atoms with van der Waals surface area (Å²) in [6, 6.07) is -0.751. The maximum atomic E-state index is 12.8. The molecule has 0 aliphatic carbocycles. The van der Waals surface area contributed by atoms with Gasteiger partial charge < -0.3 is 19.8 Å². The van der Waals surface area contributed by atoms with E-state index < -0.39 is 20.0 Å². The van der Waals surface area contributed by atoms with Crippen molar-refractivity contribution >= 4 is 13.7 Å². The smallest absolute Gasteiger partial charge is 0.391 e. The minimum Gasteiger partial charge on any atom is -0.391 e. The number of quaternary nitrogens is 1. The van der Waals surface area contributed by atoms with Crippen LogP contribution in [-0.2, 0) is 18.4 Å². The van der Waals surface area contributed by atoms with Crippen molar-refractivity contribution in [2.24, 2.45) is 0 Å². The van der Waals surface area contributed by atoms with Gasteiger partial charge >= 0.3 is 7.82 Å². The Hall–Kier alpha value is -0.500. The summed E-state index contributed by atoms with van der Waals surface area (Å²) in [4.78, 5) is 23.0. The van der Waals surface area contributed by atoms with Crippen molar-refractivity contribution in [3.8, 4) is 0 Å². The molecule has 0 fully saturated rings. The van der Waals surface area contributed by atoms with Gasteiger partial charge in [0.2, 0.25) is 5.91 Å². The van der Waals surface area contributed by atoms with Gasteiger partial charge in [0.05, 0.1) is 39.9 Å². The van der Waals surface area contributed by atoms with Crippen LogP contribution in [0.4, 0.5) is 0 Å². The molecule has 0 aromatic carbocycles. The van der Waals surface area contributed by atoms with Crippen LogP contribution < -0.4 is 5.32 Å². The standard InChI is InChI=1S/C40H83N2O6P/c1-6-8-10-12-14-16-18-19-20-21-22-24-25-27-29-31-33-39(43)38(37-48-49(45,46)47-36-35-42(3,4)5)41-40(44)34-32-30-28-26-23-17-15-13-11-9-7-2/h38-39,43H,6-37H2,1-5H3,(H-,41,44,45,46)/p+1. The van der Waals surface area contributed by atoms with E-state index in [-0.39, 0.29) is 19.1 Å². The number of hydrogen-bond donors (Lipinski definition) is 3. The molecule has 0 saturated carbocycles. The second-order valence-electron chi connectivity index (χ2n) is 15.7. The Kier molecular flexibility index (Phi) is 33.0. The third-order valence-electron chi connectivity index (χ3n) is 9.61. The molecular formula is C40H84N2O6P+. The molecule has 0 saturated heterocycles. The van der Waals surface area contributed by atoms with Crippen LogP contribution in [0.2, 0.25) is 0 Å². The summed E-state index contributed by atoms with van der Waals surface area (Å²) in [6.07, 6.45) is 34.0. The average Bonchev–Trinajstić information content (AvgIpc) is 3.04. The van der Waals surface area contributed by atoms with E-state index >= 15 is 0 Å². The summed E-state index contributed by atoms with van der Waals surface area (Å²) >= 11 is 0. The molecule has 0 radical (unpaired) electrons. The van der Waals surface area contributed by atoms with Crippen LogP contribution in [0.1, 0.15) is 200 Å². The van der Waals surface area contributed by atoms with E-state index in [0.717, 1.165) is 38.5 Å². The highest BCUT2D eigenvalue weighted by molar-refractivity contribution is 7.47. The van der Waals surface area contributed by atoms with Gasteiger partial charge in [-0.2, -0.15) is 0 Å². The molecule has 3 N–H and O–H groups in total. The lowest BCUT2D eigenvalue weighted by Gasteiger charge is -2.26. The molecule has 294 valence electrons. The molecular weight excluding hydrogens is 635 g/mol. The summed E-state index contributed by atoms with van der Waals surface area (Å²) < 4.78 is 23.6. The van der Waals surface area contributed by atoms with Gasteiger partial charge in [0.25, 0.3) is 0 Å². The van der Waals surface area contributed by atoms with Crippen molar-refractivity contribution in [1.82, 2.24) is 5.32 Å². The predicted molar refractivity (Wildman–Crippen MR) is 208 cm³/mol. The lowest BCUT2D eigenvalue weighted by atomic mass is 10.0. The predicted octanol–water partition coefficient (Wildman–Crippen LogP) is 11.0. The normalized spacial score (nSPS) is 14.5. The number of phosphoric ester groups is 1. The van der Waals surface area contributed by atoms with Crippen molar-refractivity contribution in [2.45, 2.75) is 212 Å². The van der Waals surface area contributed by atoms with Gasteiger partial charge in [-0.05, 0) is 12.8 Å². The number of aliphatic hydroxyl groups excluding tert-OH is 1. The Balaban J connectivity index is 4.37. The summed E-state index contributed by atoms with van der Waals surface area (Å²) in [5, 5.41) is 13.9.